The molecule has 146 valence electrons. The lowest BCUT2D eigenvalue weighted by atomic mass is 9.91. The van der Waals surface area contributed by atoms with E-state index in [0.29, 0.717) is 0 Å². The van der Waals surface area contributed by atoms with Crippen LogP contribution in [0, 0.1) is 0 Å². The first-order valence-electron chi connectivity index (χ1n) is 10.8. The van der Waals surface area contributed by atoms with Gasteiger partial charge in [0.05, 0.1) is 8.07 Å². The van der Waals surface area contributed by atoms with Gasteiger partial charge in [-0.15, -0.1) is 0 Å². The molecule has 3 rings (SSSR count). The molecule has 0 aromatic heterocycles. The van der Waals surface area contributed by atoms with Crippen molar-refractivity contribution in [1.82, 2.24) is 0 Å². The largest absolute Gasteiger partial charge is 0.0784 e. The van der Waals surface area contributed by atoms with Crippen molar-refractivity contribution in [3.63, 3.8) is 0 Å². The van der Waals surface area contributed by atoms with Gasteiger partial charge in [0.25, 0.3) is 0 Å². The van der Waals surface area contributed by atoms with Gasteiger partial charge in [-0.3, -0.25) is 0 Å². The molecule has 0 aliphatic heterocycles. The molecule has 1 heteroatoms. The van der Waals surface area contributed by atoms with Gasteiger partial charge in [0, 0.05) is 0 Å². The van der Waals surface area contributed by atoms with Crippen LogP contribution in [0.5, 0.6) is 0 Å². The van der Waals surface area contributed by atoms with Gasteiger partial charge in [0.2, 0.25) is 0 Å². The number of hydrogen-bond donors (Lipinski definition) is 0. The minimum absolute atomic E-state index is 1.19. The zero-order chi connectivity index (χ0) is 20.0. The zero-order valence-electron chi connectivity index (χ0n) is 18.0. The molecule has 0 nitrogen and oxygen atoms in total. The molecule has 0 saturated carbocycles. The van der Waals surface area contributed by atoms with E-state index in [0.717, 1.165) is 0 Å². The van der Waals surface area contributed by atoms with Crippen LogP contribution < -0.4 is 5.19 Å². The van der Waals surface area contributed by atoms with E-state index in [-0.39, 0.29) is 0 Å². The van der Waals surface area contributed by atoms with Gasteiger partial charge in [0.15, 0.2) is 0 Å². The van der Waals surface area contributed by atoms with Gasteiger partial charge in [-0.2, -0.15) is 0 Å². The van der Waals surface area contributed by atoms with Crippen molar-refractivity contribution in [2.75, 3.05) is 0 Å². The Balaban J connectivity index is 2.18. The van der Waals surface area contributed by atoms with Crippen molar-refractivity contribution < 1.29 is 0 Å². The molecule has 0 heterocycles. The molecule has 28 heavy (non-hydrogen) atoms. The minimum atomic E-state index is -1.51. The van der Waals surface area contributed by atoms with E-state index >= 15 is 0 Å². The number of rotatable bonds is 8. The molecule has 0 unspecified atom stereocenters. The molecule has 0 radical (unpaired) electrons. The van der Waals surface area contributed by atoms with Crippen LogP contribution in [0.4, 0.5) is 0 Å². The molecule has 0 aliphatic rings. The Kier molecular flexibility index (Phi) is 6.91. The van der Waals surface area contributed by atoms with Crippen LogP contribution in [0.1, 0.15) is 38.2 Å². The Bertz CT molecular complexity index is 873. The third-order valence-electron chi connectivity index (χ3n) is 5.47. The molecule has 0 amide bonds. The Morgan fingerprint density at radius 3 is 1.86 bits per heavy atom. The monoisotopic (exact) mass is 386 g/mol. The van der Waals surface area contributed by atoms with Crippen LogP contribution in [0.3, 0.4) is 0 Å². The Morgan fingerprint density at radius 2 is 1.29 bits per heavy atom. The number of aryl methyl sites for hydroxylation is 1. The Labute approximate surface area is 172 Å². The standard InChI is InChI=1S/C27H34Si/c1-5-6-7-10-15-22-20-25(23-16-11-8-12-17-23)27(24-18-13-9-14-19-24)26(21-22)28(2,3)4/h8-9,11-14,16-21H,5-7,10,15H2,1-4H3. The topological polar surface area (TPSA) is 0 Å². The molecule has 0 saturated heterocycles. The van der Waals surface area contributed by atoms with E-state index < -0.39 is 8.07 Å². The van der Waals surface area contributed by atoms with Gasteiger partial charge in [0.1, 0.15) is 0 Å². The summed E-state index contributed by atoms with van der Waals surface area (Å²) in [6.45, 7) is 9.71. The summed E-state index contributed by atoms with van der Waals surface area (Å²) in [7, 11) is -1.51. The van der Waals surface area contributed by atoms with Crippen LogP contribution in [-0.2, 0) is 6.42 Å². The highest BCUT2D eigenvalue weighted by Crippen LogP contribution is 2.34. The van der Waals surface area contributed by atoms with Crippen molar-refractivity contribution >= 4 is 13.3 Å². The maximum Gasteiger partial charge on any atom is 0.0784 e. The van der Waals surface area contributed by atoms with Crippen LogP contribution >= 0.6 is 0 Å². The molecule has 0 aliphatic carbocycles. The van der Waals surface area contributed by atoms with Crippen molar-refractivity contribution in [2.45, 2.75) is 58.7 Å². The summed E-state index contributed by atoms with van der Waals surface area (Å²) in [6.07, 6.45) is 6.45. The van der Waals surface area contributed by atoms with Crippen LogP contribution in [0.2, 0.25) is 19.6 Å². The van der Waals surface area contributed by atoms with E-state index in [4.69, 9.17) is 0 Å². The fraction of sp³-hybridized carbons (Fsp3) is 0.333. The van der Waals surface area contributed by atoms with Gasteiger partial charge in [-0.1, -0.05) is 124 Å². The molecule has 0 N–H and O–H groups in total. The molecule has 0 spiro atoms. The first kappa shape index (κ1) is 20.6. The normalized spacial score (nSPS) is 11.6. The average molecular weight is 387 g/mol. The molecule has 0 atom stereocenters. The van der Waals surface area contributed by atoms with Crippen molar-refractivity contribution in [1.29, 1.82) is 0 Å². The van der Waals surface area contributed by atoms with E-state index in [1.165, 1.54) is 59.9 Å². The lowest BCUT2D eigenvalue weighted by Gasteiger charge is -2.26. The third kappa shape index (κ3) is 5.02. The van der Waals surface area contributed by atoms with Gasteiger partial charge in [-0.05, 0) is 40.7 Å². The molecule has 0 fully saturated rings. The van der Waals surface area contributed by atoms with Crippen molar-refractivity contribution in [2.24, 2.45) is 0 Å². The first-order chi connectivity index (χ1) is 13.5. The van der Waals surface area contributed by atoms with E-state index in [2.05, 4.69) is 99.4 Å². The lowest BCUT2D eigenvalue weighted by Crippen LogP contribution is -2.39. The molecule has 3 aromatic rings. The van der Waals surface area contributed by atoms with Crippen LogP contribution in [0.25, 0.3) is 22.3 Å². The SMILES string of the molecule is CCCCCCc1cc(-c2ccccc2)c(-c2ccccc2)c([Si](C)(C)C)c1. The number of unbranched alkanes of at least 4 members (excludes halogenated alkanes) is 3. The first-order valence-corrected chi connectivity index (χ1v) is 14.3. The fourth-order valence-electron chi connectivity index (χ4n) is 3.95. The summed E-state index contributed by atoms with van der Waals surface area (Å²) < 4.78 is 0. The second kappa shape index (κ2) is 9.38. The van der Waals surface area contributed by atoms with Gasteiger partial charge in [-0.25, -0.2) is 0 Å². The van der Waals surface area contributed by atoms with Crippen LogP contribution in [-0.4, -0.2) is 8.07 Å². The maximum atomic E-state index is 2.53. The van der Waals surface area contributed by atoms with Crippen LogP contribution in [0.15, 0.2) is 72.8 Å². The minimum Gasteiger partial charge on any atom is -0.0656 e. The molecule has 3 aromatic carbocycles. The second-order valence-corrected chi connectivity index (χ2v) is 13.9. The lowest BCUT2D eigenvalue weighted by molar-refractivity contribution is 0.667. The highest BCUT2D eigenvalue weighted by Gasteiger charge is 2.24. The summed E-state index contributed by atoms with van der Waals surface area (Å²) in [5.74, 6) is 0. The Hall–Kier alpha value is -2.12. The van der Waals surface area contributed by atoms with Crippen molar-refractivity contribution in [3.8, 4) is 22.3 Å². The zero-order valence-corrected chi connectivity index (χ0v) is 19.0. The van der Waals surface area contributed by atoms with Gasteiger partial charge >= 0.3 is 0 Å². The Morgan fingerprint density at radius 1 is 0.679 bits per heavy atom. The van der Waals surface area contributed by atoms with E-state index in [9.17, 15) is 0 Å². The summed E-state index contributed by atoms with van der Waals surface area (Å²) in [6, 6.07) is 26.9. The summed E-state index contributed by atoms with van der Waals surface area (Å²) in [5, 5.41) is 1.59. The van der Waals surface area contributed by atoms with Crippen molar-refractivity contribution in [3.05, 3.63) is 78.4 Å². The predicted octanol–water partition coefficient (Wildman–Crippen LogP) is 7.69. The number of benzene rings is 3. The predicted molar refractivity (Wildman–Crippen MR) is 128 cm³/mol. The molecule has 0 bridgehead atoms. The van der Waals surface area contributed by atoms with Gasteiger partial charge < -0.3 is 0 Å². The van der Waals surface area contributed by atoms with E-state index in [1.807, 2.05) is 0 Å². The summed E-state index contributed by atoms with van der Waals surface area (Å²) >= 11 is 0. The quantitative estimate of drug-likeness (QED) is 0.275. The average Bonchev–Trinajstić information content (AvgIpc) is 2.71. The highest BCUT2D eigenvalue weighted by atomic mass is 28.3. The third-order valence-corrected chi connectivity index (χ3v) is 7.48. The smallest absolute Gasteiger partial charge is 0.0656 e. The molecular weight excluding hydrogens is 352 g/mol. The maximum absolute atomic E-state index is 2.53. The highest BCUT2D eigenvalue weighted by molar-refractivity contribution is 6.89. The summed E-state index contributed by atoms with van der Waals surface area (Å²) in [5.41, 5.74) is 7.03. The second-order valence-electron chi connectivity index (χ2n) is 8.86. The fourth-order valence-corrected chi connectivity index (χ4v) is 5.60. The number of hydrogen-bond acceptors (Lipinski definition) is 0. The summed E-state index contributed by atoms with van der Waals surface area (Å²) in [4.78, 5) is 0. The molecular formula is C27H34Si. The van der Waals surface area contributed by atoms with E-state index in [1.54, 1.807) is 5.19 Å².